The summed E-state index contributed by atoms with van der Waals surface area (Å²) in [5.41, 5.74) is 5.57. The topological polar surface area (TPSA) is 86.2 Å². The molecule has 0 radical (unpaired) electrons. The largest absolute Gasteiger partial charge is 0.480 e. The van der Waals surface area contributed by atoms with E-state index in [1.165, 1.54) is 18.3 Å². The van der Waals surface area contributed by atoms with Crippen LogP contribution in [-0.2, 0) is 12.5 Å². The number of nitrogen functional groups attached to an aromatic ring is 1. The third kappa shape index (κ3) is 4.80. The van der Waals surface area contributed by atoms with Crippen LogP contribution in [0.5, 0.6) is 5.75 Å². The Hall–Kier alpha value is -2.38. The van der Waals surface area contributed by atoms with E-state index in [2.05, 4.69) is 22.2 Å². The van der Waals surface area contributed by atoms with Gasteiger partial charge in [0, 0.05) is 13.5 Å². The molecule has 23 heavy (non-hydrogen) atoms. The van der Waals surface area contributed by atoms with Crippen LogP contribution in [0.25, 0.3) is 0 Å². The predicted octanol–water partition coefficient (Wildman–Crippen LogP) is 3.55. The zero-order valence-electron chi connectivity index (χ0n) is 13.1. The Balaban J connectivity index is 2.03. The normalized spacial score (nSPS) is 11.5. The van der Waals surface area contributed by atoms with E-state index in [4.69, 9.17) is 14.9 Å². The number of hydrogen-bond acceptors (Lipinski definition) is 6. The molecule has 0 spiro atoms. The first-order valence-electron chi connectivity index (χ1n) is 7.36. The highest BCUT2D eigenvalue weighted by molar-refractivity contribution is 5.51. The predicted molar refractivity (Wildman–Crippen MR) is 82.5 cm³/mol. The van der Waals surface area contributed by atoms with Gasteiger partial charge >= 0.3 is 5.92 Å². The third-order valence-corrected chi connectivity index (χ3v) is 3.06. The minimum absolute atomic E-state index is 0.00812. The summed E-state index contributed by atoms with van der Waals surface area (Å²) in [5, 5.41) is 3.11. The van der Waals surface area contributed by atoms with Gasteiger partial charge in [-0.1, -0.05) is 13.3 Å². The van der Waals surface area contributed by atoms with Crippen LogP contribution in [0, 0.1) is 0 Å². The first kappa shape index (κ1) is 17.0. The van der Waals surface area contributed by atoms with Crippen LogP contribution in [0.1, 0.15) is 38.2 Å². The average Bonchev–Trinajstić information content (AvgIpc) is 2.96. The summed E-state index contributed by atoms with van der Waals surface area (Å²) in [6.45, 7) is 3.56. The van der Waals surface area contributed by atoms with Gasteiger partial charge in [0.25, 0.3) is 0 Å². The molecule has 2 rings (SSSR count). The van der Waals surface area contributed by atoms with Crippen LogP contribution < -0.4 is 15.8 Å². The fourth-order valence-electron chi connectivity index (χ4n) is 1.84. The first-order chi connectivity index (χ1) is 10.9. The van der Waals surface area contributed by atoms with Crippen LogP contribution in [-0.4, -0.2) is 16.5 Å². The van der Waals surface area contributed by atoms with Gasteiger partial charge in [-0.25, -0.2) is 4.98 Å². The van der Waals surface area contributed by atoms with Crippen molar-refractivity contribution < 1.29 is 17.9 Å². The van der Waals surface area contributed by atoms with Gasteiger partial charge in [0.15, 0.2) is 17.3 Å². The number of hydrogen-bond donors (Lipinski definition) is 2. The van der Waals surface area contributed by atoms with Gasteiger partial charge in [-0.2, -0.15) is 13.8 Å². The number of anilines is 2. The number of alkyl halides is 2. The van der Waals surface area contributed by atoms with Crippen LogP contribution in [0.4, 0.5) is 20.5 Å². The number of halogens is 2. The number of nitrogens with one attached hydrogen (secondary N) is 1. The number of aromatic nitrogens is 2. The Morgan fingerprint density at radius 1 is 1.39 bits per heavy atom. The van der Waals surface area contributed by atoms with Gasteiger partial charge in [-0.05, 0) is 18.6 Å². The molecule has 0 aliphatic carbocycles. The molecule has 0 atom stereocenters. The minimum Gasteiger partial charge on any atom is -0.480 e. The highest BCUT2D eigenvalue weighted by Gasteiger charge is 2.28. The Morgan fingerprint density at radius 3 is 2.83 bits per heavy atom. The molecule has 0 amide bonds. The molecule has 3 N–H and O–H groups in total. The molecule has 0 aromatic carbocycles. The lowest BCUT2D eigenvalue weighted by atomic mass is 10.3. The molecule has 0 saturated carbocycles. The monoisotopic (exact) mass is 326 g/mol. The van der Waals surface area contributed by atoms with Crippen molar-refractivity contribution in [3.8, 4) is 5.75 Å². The van der Waals surface area contributed by atoms with E-state index in [-0.39, 0.29) is 18.3 Å². The lowest BCUT2D eigenvalue weighted by Crippen LogP contribution is -2.08. The van der Waals surface area contributed by atoms with Crippen LogP contribution in [0.3, 0.4) is 0 Å². The third-order valence-electron chi connectivity index (χ3n) is 3.06. The summed E-state index contributed by atoms with van der Waals surface area (Å²) in [5.74, 6) is -2.14. The van der Waals surface area contributed by atoms with E-state index in [0.29, 0.717) is 11.6 Å². The fourth-order valence-corrected chi connectivity index (χ4v) is 1.84. The molecule has 0 fully saturated rings. The standard InChI is InChI=1S/C15H20F2N4O2/c1-3-4-7-19-13-11(8-20-14(18)21-13)22-9-10-5-6-12(23-10)15(2,16)17/h5-6,8H,3-4,7,9H2,1-2H3,(H3,18,19,20,21). The Morgan fingerprint density at radius 2 is 2.17 bits per heavy atom. The first-order valence-corrected chi connectivity index (χ1v) is 7.36. The van der Waals surface area contributed by atoms with Gasteiger partial charge in [0.05, 0.1) is 6.20 Å². The van der Waals surface area contributed by atoms with E-state index in [0.717, 1.165) is 26.3 Å². The molecular weight excluding hydrogens is 306 g/mol. The quantitative estimate of drug-likeness (QED) is 0.721. The van der Waals surface area contributed by atoms with Crippen molar-refractivity contribution >= 4 is 11.8 Å². The highest BCUT2D eigenvalue weighted by atomic mass is 19.3. The van der Waals surface area contributed by atoms with Crippen molar-refractivity contribution in [1.29, 1.82) is 0 Å². The highest BCUT2D eigenvalue weighted by Crippen LogP contribution is 2.29. The summed E-state index contributed by atoms with van der Waals surface area (Å²) in [4.78, 5) is 7.96. The zero-order chi connectivity index (χ0) is 16.9. The SMILES string of the molecule is CCCCNc1nc(N)ncc1OCc1ccc(C(C)(F)F)o1. The van der Waals surface area contributed by atoms with Gasteiger partial charge in [-0.15, -0.1) is 0 Å². The van der Waals surface area contributed by atoms with E-state index < -0.39 is 11.7 Å². The van der Waals surface area contributed by atoms with Crippen LogP contribution >= 0.6 is 0 Å². The maximum absolute atomic E-state index is 13.1. The second kappa shape index (κ2) is 7.26. The number of nitrogens with zero attached hydrogens (tertiary/aromatic N) is 2. The number of rotatable bonds is 8. The second-order valence-corrected chi connectivity index (χ2v) is 5.16. The molecule has 2 aromatic heterocycles. The summed E-state index contributed by atoms with van der Waals surface area (Å²) in [7, 11) is 0. The average molecular weight is 326 g/mol. The maximum Gasteiger partial charge on any atom is 0.301 e. The number of unbranched alkanes of at least 4 members (excludes halogenated alkanes) is 1. The van der Waals surface area contributed by atoms with Crippen LogP contribution in [0.15, 0.2) is 22.7 Å². The van der Waals surface area contributed by atoms with E-state index in [9.17, 15) is 8.78 Å². The van der Waals surface area contributed by atoms with Crippen molar-refractivity contribution in [3.05, 3.63) is 29.9 Å². The molecule has 0 aliphatic rings. The molecule has 6 nitrogen and oxygen atoms in total. The summed E-state index contributed by atoms with van der Waals surface area (Å²) >= 11 is 0. The summed E-state index contributed by atoms with van der Waals surface area (Å²) in [6, 6.07) is 2.69. The second-order valence-electron chi connectivity index (χ2n) is 5.16. The molecule has 0 unspecified atom stereocenters. The Kier molecular flexibility index (Phi) is 5.36. The smallest absolute Gasteiger partial charge is 0.301 e. The molecule has 2 heterocycles. The Bertz CT molecular complexity index is 641. The molecule has 0 saturated heterocycles. The van der Waals surface area contributed by atoms with Crippen molar-refractivity contribution in [3.63, 3.8) is 0 Å². The number of ether oxygens (including phenoxy) is 1. The van der Waals surface area contributed by atoms with E-state index in [1.807, 2.05) is 0 Å². The van der Waals surface area contributed by atoms with Crippen molar-refractivity contribution in [2.75, 3.05) is 17.6 Å². The summed E-state index contributed by atoms with van der Waals surface area (Å²) < 4.78 is 36.9. The molecular formula is C15H20F2N4O2. The maximum atomic E-state index is 13.1. The molecule has 2 aromatic rings. The minimum atomic E-state index is -3.02. The Labute approximate surface area is 133 Å². The van der Waals surface area contributed by atoms with Gasteiger partial charge < -0.3 is 20.2 Å². The molecule has 0 bridgehead atoms. The van der Waals surface area contributed by atoms with Crippen molar-refractivity contribution in [2.24, 2.45) is 0 Å². The number of furan rings is 1. The molecule has 8 heteroatoms. The van der Waals surface area contributed by atoms with Gasteiger partial charge in [0.1, 0.15) is 12.4 Å². The fraction of sp³-hybridized carbons (Fsp3) is 0.467. The molecule has 126 valence electrons. The van der Waals surface area contributed by atoms with Gasteiger partial charge in [-0.3, -0.25) is 0 Å². The lowest BCUT2D eigenvalue weighted by molar-refractivity contribution is -0.00706. The molecule has 0 aliphatic heterocycles. The lowest BCUT2D eigenvalue weighted by Gasteiger charge is -2.11. The van der Waals surface area contributed by atoms with Crippen LogP contribution in [0.2, 0.25) is 0 Å². The van der Waals surface area contributed by atoms with Crippen molar-refractivity contribution in [1.82, 2.24) is 9.97 Å². The van der Waals surface area contributed by atoms with Gasteiger partial charge in [0.2, 0.25) is 5.95 Å². The van der Waals surface area contributed by atoms with Crippen molar-refractivity contribution in [2.45, 2.75) is 39.2 Å². The zero-order valence-corrected chi connectivity index (χ0v) is 13.1. The van der Waals surface area contributed by atoms with E-state index in [1.54, 1.807) is 0 Å². The number of nitrogens with two attached hydrogens (primary N) is 1. The van der Waals surface area contributed by atoms with E-state index >= 15 is 0 Å². The summed E-state index contributed by atoms with van der Waals surface area (Å²) in [6.07, 6.45) is 3.44.